The van der Waals surface area contributed by atoms with Crippen molar-refractivity contribution in [2.75, 3.05) is 45.2 Å². The van der Waals surface area contributed by atoms with Gasteiger partial charge in [0.1, 0.15) is 0 Å². The largest absolute Gasteiger partial charge is 0.481 e. The van der Waals surface area contributed by atoms with Gasteiger partial charge in [-0.05, 0) is 36.2 Å². The van der Waals surface area contributed by atoms with Crippen molar-refractivity contribution in [3.05, 3.63) is 52.7 Å². The highest BCUT2D eigenvalue weighted by molar-refractivity contribution is 6.31. The maximum atomic E-state index is 12.4. The summed E-state index contributed by atoms with van der Waals surface area (Å²) >= 11 is 6.11. The second-order valence-corrected chi connectivity index (χ2v) is 7.13. The second kappa shape index (κ2) is 9.17. The zero-order chi connectivity index (χ0) is 19.2. The van der Waals surface area contributed by atoms with E-state index < -0.39 is 0 Å². The fourth-order valence-electron chi connectivity index (χ4n) is 3.16. The maximum Gasteiger partial charge on any atom is 0.238 e. The molecule has 0 radical (unpaired) electrons. The molecule has 1 aliphatic rings. The topological polar surface area (TPSA) is 57.7 Å². The Labute approximate surface area is 165 Å². The van der Waals surface area contributed by atoms with E-state index in [0.29, 0.717) is 17.4 Å². The minimum absolute atomic E-state index is 0.00677. The number of amides is 1. The molecule has 1 aliphatic heterocycles. The van der Waals surface area contributed by atoms with Gasteiger partial charge in [-0.1, -0.05) is 17.7 Å². The van der Waals surface area contributed by atoms with Gasteiger partial charge < -0.3 is 10.1 Å². The summed E-state index contributed by atoms with van der Waals surface area (Å²) in [6.45, 7) is 6.74. The molecular formula is C20H25ClN4O2. The van der Waals surface area contributed by atoms with Crippen molar-refractivity contribution in [3.63, 3.8) is 0 Å². The summed E-state index contributed by atoms with van der Waals surface area (Å²) in [5, 5.41) is 3.62. The van der Waals surface area contributed by atoms with E-state index >= 15 is 0 Å². The minimum Gasteiger partial charge on any atom is -0.481 e. The highest BCUT2D eigenvalue weighted by atomic mass is 35.5. The maximum absolute atomic E-state index is 12.4. The molecule has 0 unspecified atom stereocenters. The molecule has 1 aromatic heterocycles. The molecule has 1 amide bonds. The molecule has 1 saturated heterocycles. The van der Waals surface area contributed by atoms with Gasteiger partial charge in [0.15, 0.2) is 0 Å². The number of nitrogens with one attached hydrogen (secondary N) is 1. The summed E-state index contributed by atoms with van der Waals surface area (Å²) < 4.78 is 5.18. The lowest BCUT2D eigenvalue weighted by molar-refractivity contribution is -0.117. The van der Waals surface area contributed by atoms with E-state index in [9.17, 15) is 4.79 Å². The SMILES string of the molecule is COc1cc(CN2CCN(CC(=O)Nc3cccc(Cl)c3C)CC2)ccn1. The number of carbonyl (C=O) groups is 1. The fourth-order valence-corrected chi connectivity index (χ4v) is 3.33. The van der Waals surface area contributed by atoms with Crippen LogP contribution in [0.4, 0.5) is 5.69 Å². The van der Waals surface area contributed by atoms with Gasteiger partial charge >= 0.3 is 0 Å². The number of piperazine rings is 1. The van der Waals surface area contributed by atoms with Crippen molar-refractivity contribution in [3.8, 4) is 5.88 Å². The van der Waals surface area contributed by atoms with Crippen LogP contribution in [0.5, 0.6) is 5.88 Å². The average Bonchev–Trinajstić information content (AvgIpc) is 2.67. The van der Waals surface area contributed by atoms with Gasteiger partial charge in [-0.3, -0.25) is 14.6 Å². The molecular weight excluding hydrogens is 364 g/mol. The number of rotatable bonds is 6. The van der Waals surface area contributed by atoms with Crippen LogP contribution in [-0.4, -0.2) is 60.5 Å². The number of benzene rings is 1. The summed E-state index contributed by atoms with van der Waals surface area (Å²) in [7, 11) is 1.63. The molecule has 0 bridgehead atoms. The number of aromatic nitrogens is 1. The zero-order valence-electron chi connectivity index (χ0n) is 15.7. The molecule has 1 aromatic carbocycles. The number of methoxy groups -OCH3 is 1. The molecule has 0 atom stereocenters. The van der Waals surface area contributed by atoms with Gasteiger partial charge in [0.25, 0.3) is 0 Å². The van der Waals surface area contributed by atoms with E-state index in [1.54, 1.807) is 13.3 Å². The molecule has 27 heavy (non-hydrogen) atoms. The average molecular weight is 389 g/mol. The van der Waals surface area contributed by atoms with E-state index in [1.165, 1.54) is 5.56 Å². The van der Waals surface area contributed by atoms with Crippen LogP contribution in [-0.2, 0) is 11.3 Å². The van der Waals surface area contributed by atoms with Crippen LogP contribution in [0, 0.1) is 6.92 Å². The standard InChI is InChI=1S/C20H25ClN4O2/c1-15-17(21)4-3-5-18(15)23-19(26)14-25-10-8-24(9-11-25)13-16-6-7-22-20(12-16)27-2/h3-7,12H,8-11,13-14H2,1-2H3,(H,23,26). The molecule has 7 heteroatoms. The highest BCUT2D eigenvalue weighted by Crippen LogP contribution is 2.22. The van der Waals surface area contributed by atoms with Crippen LogP contribution in [0.1, 0.15) is 11.1 Å². The van der Waals surface area contributed by atoms with Gasteiger partial charge in [0.2, 0.25) is 11.8 Å². The Bertz CT molecular complexity index is 791. The Kier molecular flexibility index (Phi) is 6.66. The van der Waals surface area contributed by atoms with Gasteiger partial charge in [0.05, 0.1) is 13.7 Å². The summed E-state index contributed by atoms with van der Waals surface area (Å²) in [4.78, 5) is 21.1. The van der Waals surface area contributed by atoms with Crippen LogP contribution in [0.15, 0.2) is 36.5 Å². The molecule has 0 aliphatic carbocycles. The summed E-state index contributed by atoms with van der Waals surface area (Å²) in [5.74, 6) is 0.631. The Morgan fingerprint density at radius 1 is 1.22 bits per heavy atom. The summed E-state index contributed by atoms with van der Waals surface area (Å²) in [6, 6.07) is 9.52. The number of anilines is 1. The third-order valence-electron chi connectivity index (χ3n) is 4.79. The molecule has 1 fully saturated rings. The number of ether oxygens (including phenoxy) is 1. The third-order valence-corrected chi connectivity index (χ3v) is 5.20. The number of hydrogen-bond acceptors (Lipinski definition) is 5. The normalized spacial score (nSPS) is 15.5. The molecule has 3 rings (SSSR count). The fraction of sp³-hybridized carbons (Fsp3) is 0.400. The van der Waals surface area contributed by atoms with Crippen LogP contribution >= 0.6 is 11.6 Å². The number of hydrogen-bond donors (Lipinski definition) is 1. The van der Waals surface area contributed by atoms with Crippen molar-refractivity contribution < 1.29 is 9.53 Å². The van der Waals surface area contributed by atoms with Gasteiger partial charge in [-0.2, -0.15) is 0 Å². The van der Waals surface area contributed by atoms with Gasteiger partial charge in [-0.25, -0.2) is 4.98 Å². The second-order valence-electron chi connectivity index (χ2n) is 6.72. The van der Waals surface area contributed by atoms with Crippen molar-refractivity contribution in [2.45, 2.75) is 13.5 Å². The quantitative estimate of drug-likeness (QED) is 0.824. The number of halogens is 1. The minimum atomic E-state index is -0.00677. The van der Waals surface area contributed by atoms with Crippen molar-refractivity contribution in [1.82, 2.24) is 14.8 Å². The number of pyridine rings is 1. The van der Waals surface area contributed by atoms with Crippen molar-refractivity contribution in [2.24, 2.45) is 0 Å². The van der Waals surface area contributed by atoms with Crippen molar-refractivity contribution >= 4 is 23.2 Å². The van der Waals surface area contributed by atoms with E-state index in [-0.39, 0.29) is 5.91 Å². The monoisotopic (exact) mass is 388 g/mol. The highest BCUT2D eigenvalue weighted by Gasteiger charge is 2.19. The molecule has 0 saturated carbocycles. The van der Waals surface area contributed by atoms with E-state index in [1.807, 2.05) is 37.3 Å². The molecule has 6 nitrogen and oxygen atoms in total. The predicted molar refractivity (Wildman–Crippen MR) is 107 cm³/mol. The smallest absolute Gasteiger partial charge is 0.238 e. The lowest BCUT2D eigenvalue weighted by atomic mass is 10.2. The first kappa shape index (κ1) is 19.6. The molecule has 0 spiro atoms. The molecule has 2 aromatic rings. The van der Waals surface area contributed by atoms with Gasteiger partial charge in [-0.15, -0.1) is 0 Å². The summed E-state index contributed by atoms with van der Waals surface area (Å²) in [5.41, 5.74) is 2.85. The lowest BCUT2D eigenvalue weighted by Crippen LogP contribution is -2.48. The first-order valence-corrected chi connectivity index (χ1v) is 9.41. The Hall–Kier alpha value is -2.15. The van der Waals surface area contributed by atoms with E-state index in [4.69, 9.17) is 16.3 Å². The number of nitrogens with zero attached hydrogens (tertiary/aromatic N) is 3. The van der Waals surface area contributed by atoms with Crippen LogP contribution in [0.3, 0.4) is 0 Å². The Morgan fingerprint density at radius 2 is 1.96 bits per heavy atom. The predicted octanol–water partition coefficient (Wildman–Crippen LogP) is 2.81. The van der Waals surface area contributed by atoms with E-state index in [0.717, 1.165) is 44.0 Å². The Balaban J connectivity index is 1.46. The van der Waals surface area contributed by atoms with Crippen molar-refractivity contribution in [1.29, 1.82) is 0 Å². The summed E-state index contributed by atoms with van der Waals surface area (Å²) in [6.07, 6.45) is 1.77. The number of carbonyl (C=O) groups excluding carboxylic acids is 1. The van der Waals surface area contributed by atoms with Crippen LogP contribution < -0.4 is 10.1 Å². The van der Waals surface area contributed by atoms with Gasteiger partial charge in [0, 0.05) is 55.7 Å². The first-order valence-electron chi connectivity index (χ1n) is 9.04. The van der Waals surface area contributed by atoms with Crippen LogP contribution in [0.2, 0.25) is 5.02 Å². The lowest BCUT2D eigenvalue weighted by Gasteiger charge is -2.34. The molecule has 2 heterocycles. The van der Waals surface area contributed by atoms with Crippen LogP contribution in [0.25, 0.3) is 0 Å². The molecule has 1 N–H and O–H groups in total. The Morgan fingerprint density at radius 3 is 2.70 bits per heavy atom. The first-order chi connectivity index (χ1) is 13.0. The third kappa shape index (κ3) is 5.42. The zero-order valence-corrected chi connectivity index (χ0v) is 16.5. The molecule has 144 valence electrons. The van der Waals surface area contributed by atoms with E-state index in [2.05, 4.69) is 20.1 Å².